The van der Waals surface area contributed by atoms with Crippen molar-refractivity contribution in [2.24, 2.45) is 0 Å². The Morgan fingerprint density at radius 2 is 2.40 bits per heavy atom. The van der Waals surface area contributed by atoms with Gasteiger partial charge in [0.15, 0.2) is 0 Å². The standard InChI is InChI=1S/C11H16BrNOS/c1-8-2-3-9(14-8)6-13-7-10-4-5-11(12)15-10/h4-5,8-9,13H,2-3,6-7H2,1H3. The van der Waals surface area contributed by atoms with Gasteiger partial charge < -0.3 is 10.1 Å². The summed E-state index contributed by atoms with van der Waals surface area (Å²) in [5, 5.41) is 3.44. The van der Waals surface area contributed by atoms with Crippen molar-refractivity contribution in [3.63, 3.8) is 0 Å². The summed E-state index contributed by atoms with van der Waals surface area (Å²) in [4.78, 5) is 1.37. The molecule has 2 nitrogen and oxygen atoms in total. The summed E-state index contributed by atoms with van der Waals surface area (Å²) >= 11 is 5.25. The monoisotopic (exact) mass is 289 g/mol. The Balaban J connectivity index is 1.67. The first-order valence-electron chi connectivity index (χ1n) is 5.34. The van der Waals surface area contributed by atoms with Crippen LogP contribution in [0.2, 0.25) is 0 Å². The van der Waals surface area contributed by atoms with Gasteiger partial charge in [-0.05, 0) is 47.8 Å². The van der Waals surface area contributed by atoms with Crippen molar-refractivity contribution in [3.05, 3.63) is 20.8 Å². The van der Waals surface area contributed by atoms with Crippen LogP contribution in [0, 0.1) is 0 Å². The molecule has 0 bridgehead atoms. The third-order valence-corrected chi connectivity index (χ3v) is 4.24. The Kier molecular flexibility index (Phi) is 4.20. The Morgan fingerprint density at radius 1 is 1.53 bits per heavy atom. The molecular weight excluding hydrogens is 274 g/mol. The van der Waals surface area contributed by atoms with Gasteiger partial charge in [0.25, 0.3) is 0 Å². The third kappa shape index (κ3) is 3.55. The Labute approximate surface area is 103 Å². The predicted molar refractivity (Wildman–Crippen MR) is 67.3 cm³/mol. The SMILES string of the molecule is CC1CCC(CNCc2ccc(Br)s2)O1. The average Bonchev–Trinajstić information content (AvgIpc) is 2.76. The van der Waals surface area contributed by atoms with Crippen LogP contribution in [0.25, 0.3) is 0 Å². The van der Waals surface area contributed by atoms with Crippen molar-refractivity contribution in [2.45, 2.75) is 38.5 Å². The van der Waals surface area contributed by atoms with E-state index in [0.717, 1.165) is 13.1 Å². The molecular formula is C11H16BrNOS. The van der Waals surface area contributed by atoms with Gasteiger partial charge in [-0.1, -0.05) is 0 Å². The van der Waals surface area contributed by atoms with E-state index in [1.54, 1.807) is 11.3 Å². The summed E-state index contributed by atoms with van der Waals surface area (Å²) in [5.41, 5.74) is 0. The highest BCUT2D eigenvalue weighted by Gasteiger charge is 2.20. The number of halogens is 1. The molecule has 0 radical (unpaired) electrons. The van der Waals surface area contributed by atoms with Crippen molar-refractivity contribution in [2.75, 3.05) is 6.54 Å². The maximum absolute atomic E-state index is 5.74. The molecule has 0 amide bonds. The van der Waals surface area contributed by atoms with Crippen LogP contribution in [0.3, 0.4) is 0 Å². The van der Waals surface area contributed by atoms with E-state index in [9.17, 15) is 0 Å². The van der Waals surface area contributed by atoms with Crippen LogP contribution < -0.4 is 5.32 Å². The van der Waals surface area contributed by atoms with E-state index in [-0.39, 0.29) is 0 Å². The third-order valence-electron chi connectivity index (χ3n) is 2.62. The van der Waals surface area contributed by atoms with Gasteiger partial charge in [0.05, 0.1) is 16.0 Å². The fraction of sp³-hybridized carbons (Fsp3) is 0.636. The lowest BCUT2D eigenvalue weighted by atomic mass is 10.2. The lowest BCUT2D eigenvalue weighted by Crippen LogP contribution is -2.26. The van der Waals surface area contributed by atoms with Gasteiger partial charge in [-0.15, -0.1) is 11.3 Å². The van der Waals surface area contributed by atoms with Gasteiger partial charge >= 0.3 is 0 Å². The second-order valence-electron chi connectivity index (χ2n) is 3.98. The zero-order valence-corrected chi connectivity index (χ0v) is 11.2. The van der Waals surface area contributed by atoms with Crippen molar-refractivity contribution >= 4 is 27.3 Å². The molecule has 0 spiro atoms. The minimum atomic E-state index is 0.420. The summed E-state index contributed by atoms with van der Waals surface area (Å²) in [7, 11) is 0. The molecule has 2 atom stereocenters. The van der Waals surface area contributed by atoms with Crippen molar-refractivity contribution < 1.29 is 4.74 Å². The number of hydrogen-bond acceptors (Lipinski definition) is 3. The van der Waals surface area contributed by atoms with Crippen molar-refractivity contribution in [3.8, 4) is 0 Å². The van der Waals surface area contributed by atoms with Gasteiger partial charge in [-0.3, -0.25) is 0 Å². The highest BCUT2D eigenvalue weighted by molar-refractivity contribution is 9.11. The van der Waals surface area contributed by atoms with Crippen LogP contribution in [0.5, 0.6) is 0 Å². The van der Waals surface area contributed by atoms with Crippen LogP contribution in [-0.4, -0.2) is 18.8 Å². The zero-order valence-electron chi connectivity index (χ0n) is 8.83. The molecule has 84 valence electrons. The minimum absolute atomic E-state index is 0.420. The average molecular weight is 290 g/mol. The van der Waals surface area contributed by atoms with Gasteiger partial charge in [-0.2, -0.15) is 0 Å². The van der Waals surface area contributed by atoms with Gasteiger partial charge in [0, 0.05) is 18.0 Å². The fourth-order valence-electron chi connectivity index (χ4n) is 1.84. The number of hydrogen-bond donors (Lipinski definition) is 1. The van der Waals surface area contributed by atoms with Crippen LogP contribution in [0.4, 0.5) is 0 Å². The lowest BCUT2D eigenvalue weighted by molar-refractivity contribution is 0.0559. The molecule has 0 saturated carbocycles. The van der Waals surface area contributed by atoms with E-state index >= 15 is 0 Å². The molecule has 0 aromatic carbocycles. The lowest BCUT2D eigenvalue weighted by Gasteiger charge is -2.11. The maximum Gasteiger partial charge on any atom is 0.0704 e. The Hall–Kier alpha value is 0.1000. The summed E-state index contributed by atoms with van der Waals surface area (Å²) in [6.07, 6.45) is 3.27. The molecule has 1 aromatic heterocycles. The molecule has 4 heteroatoms. The van der Waals surface area contributed by atoms with Crippen molar-refractivity contribution in [1.29, 1.82) is 0 Å². The normalized spacial score (nSPS) is 26.0. The van der Waals surface area contributed by atoms with Gasteiger partial charge in [0.1, 0.15) is 0 Å². The van der Waals surface area contributed by atoms with Gasteiger partial charge in [-0.25, -0.2) is 0 Å². The largest absolute Gasteiger partial charge is 0.374 e. The second kappa shape index (κ2) is 5.43. The summed E-state index contributed by atoms with van der Waals surface area (Å²) in [6, 6.07) is 4.25. The van der Waals surface area contributed by atoms with E-state index in [4.69, 9.17) is 4.74 Å². The molecule has 2 heterocycles. The highest BCUT2D eigenvalue weighted by atomic mass is 79.9. The van der Waals surface area contributed by atoms with Crippen molar-refractivity contribution in [1.82, 2.24) is 5.32 Å². The molecule has 15 heavy (non-hydrogen) atoms. The summed E-state index contributed by atoms with van der Waals surface area (Å²) in [5.74, 6) is 0. The fourth-order valence-corrected chi connectivity index (χ4v) is 3.29. The maximum atomic E-state index is 5.74. The predicted octanol–water partition coefficient (Wildman–Crippen LogP) is 3.17. The Morgan fingerprint density at radius 3 is 3.00 bits per heavy atom. The highest BCUT2D eigenvalue weighted by Crippen LogP contribution is 2.22. The summed E-state index contributed by atoms with van der Waals surface area (Å²) < 4.78 is 6.94. The van der Waals surface area contributed by atoms with E-state index in [0.29, 0.717) is 12.2 Å². The molecule has 2 rings (SSSR count). The molecule has 1 saturated heterocycles. The first-order chi connectivity index (χ1) is 7.24. The first kappa shape index (κ1) is 11.6. The van der Waals surface area contributed by atoms with E-state index in [2.05, 4.69) is 40.3 Å². The van der Waals surface area contributed by atoms with E-state index < -0.39 is 0 Å². The quantitative estimate of drug-likeness (QED) is 0.919. The van der Waals surface area contributed by atoms with Gasteiger partial charge in [0.2, 0.25) is 0 Å². The molecule has 0 aliphatic carbocycles. The number of ether oxygens (including phenoxy) is 1. The second-order valence-corrected chi connectivity index (χ2v) is 6.53. The molecule has 1 aliphatic rings. The topological polar surface area (TPSA) is 21.3 Å². The molecule has 1 N–H and O–H groups in total. The molecule has 2 unspecified atom stereocenters. The molecule has 1 fully saturated rings. The van der Waals surface area contributed by atoms with Crippen LogP contribution in [0.15, 0.2) is 15.9 Å². The van der Waals surface area contributed by atoms with E-state index in [1.807, 2.05) is 0 Å². The van der Waals surface area contributed by atoms with E-state index in [1.165, 1.54) is 21.5 Å². The zero-order chi connectivity index (χ0) is 10.7. The first-order valence-corrected chi connectivity index (χ1v) is 6.95. The smallest absolute Gasteiger partial charge is 0.0704 e. The number of nitrogens with one attached hydrogen (secondary N) is 1. The molecule has 1 aliphatic heterocycles. The van der Waals surface area contributed by atoms with Crippen LogP contribution >= 0.6 is 27.3 Å². The summed E-state index contributed by atoms with van der Waals surface area (Å²) in [6.45, 7) is 4.07. The van der Waals surface area contributed by atoms with Crippen LogP contribution in [0.1, 0.15) is 24.6 Å². The number of rotatable bonds is 4. The molecule has 1 aromatic rings. The Bertz CT molecular complexity index is 315. The number of thiophene rings is 1. The minimum Gasteiger partial charge on any atom is -0.374 e. The van der Waals surface area contributed by atoms with Crippen LogP contribution in [-0.2, 0) is 11.3 Å².